The van der Waals surface area contributed by atoms with Crippen LogP contribution < -0.4 is 0 Å². The molecule has 25 heavy (non-hydrogen) atoms. The summed E-state index contributed by atoms with van der Waals surface area (Å²) in [6.45, 7) is 1.94. The number of thioether (sulfide) groups is 1. The first-order valence-electron chi connectivity index (χ1n) is 7.56. The Morgan fingerprint density at radius 3 is 2.76 bits per heavy atom. The van der Waals surface area contributed by atoms with Gasteiger partial charge in [-0.2, -0.15) is 0 Å². The third kappa shape index (κ3) is 4.05. The zero-order valence-corrected chi connectivity index (χ0v) is 15.7. The van der Waals surface area contributed by atoms with E-state index in [-0.39, 0.29) is 17.9 Å². The van der Waals surface area contributed by atoms with Gasteiger partial charge in [0.05, 0.1) is 17.2 Å². The maximum absolute atomic E-state index is 12.3. The molecule has 2 N–H and O–H groups in total. The minimum Gasteiger partial charge on any atom is -0.506 e. The van der Waals surface area contributed by atoms with Crippen molar-refractivity contribution in [2.75, 3.05) is 6.61 Å². The fourth-order valence-electron chi connectivity index (χ4n) is 2.20. The normalized spacial score (nSPS) is 17.5. The van der Waals surface area contributed by atoms with E-state index in [9.17, 15) is 9.90 Å². The summed E-state index contributed by atoms with van der Waals surface area (Å²) in [4.78, 5) is 20.4. The number of esters is 1. The summed E-state index contributed by atoms with van der Waals surface area (Å²) in [5, 5.41) is 10.9. The lowest BCUT2D eigenvalue weighted by molar-refractivity contribution is -0.138. The van der Waals surface area contributed by atoms with Gasteiger partial charge in [0.2, 0.25) is 0 Å². The lowest BCUT2D eigenvalue weighted by atomic mass is 10.2. The van der Waals surface area contributed by atoms with Crippen LogP contribution in [0.4, 0.5) is 5.69 Å². The van der Waals surface area contributed by atoms with Gasteiger partial charge < -0.3 is 14.8 Å². The number of aromatic nitrogens is 1. The van der Waals surface area contributed by atoms with Crippen LogP contribution in [0.1, 0.15) is 12.6 Å². The van der Waals surface area contributed by atoms with Crippen LogP contribution in [0.25, 0.3) is 6.08 Å². The molecule has 1 aliphatic heterocycles. The number of benzene rings is 1. The van der Waals surface area contributed by atoms with Gasteiger partial charge in [-0.25, -0.2) is 9.79 Å². The molecule has 0 bridgehead atoms. The number of carbonyl (C=O) groups excluding carboxylic acids is 1. The molecule has 1 aliphatic rings. The number of aromatic amines is 1. The monoisotopic (exact) mass is 418 g/mol. The van der Waals surface area contributed by atoms with Crippen molar-refractivity contribution in [3.8, 4) is 0 Å². The van der Waals surface area contributed by atoms with E-state index in [1.165, 1.54) is 11.8 Å². The molecule has 0 amide bonds. The summed E-state index contributed by atoms with van der Waals surface area (Å²) in [6, 6.07) is 11.1. The minimum atomic E-state index is -0.585. The summed E-state index contributed by atoms with van der Waals surface area (Å²) in [7, 11) is 0. The molecule has 0 radical (unpaired) electrons. The van der Waals surface area contributed by atoms with Crippen molar-refractivity contribution in [1.82, 2.24) is 4.98 Å². The third-order valence-electron chi connectivity index (χ3n) is 3.34. The Morgan fingerprint density at radius 1 is 1.36 bits per heavy atom. The number of aliphatic hydroxyl groups excluding tert-OH is 1. The number of hydrogen-bond donors (Lipinski definition) is 2. The second kappa shape index (κ2) is 7.76. The van der Waals surface area contributed by atoms with Crippen LogP contribution in [0.2, 0.25) is 0 Å². The highest BCUT2D eigenvalue weighted by Gasteiger charge is 2.33. The van der Waals surface area contributed by atoms with Crippen molar-refractivity contribution in [1.29, 1.82) is 0 Å². The Kier molecular flexibility index (Phi) is 5.45. The van der Waals surface area contributed by atoms with Crippen molar-refractivity contribution in [3.63, 3.8) is 0 Å². The van der Waals surface area contributed by atoms with Crippen molar-refractivity contribution >= 4 is 50.5 Å². The first-order valence-corrected chi connectivity index (χ1v) is 9.17. The van der Waals surface area contributed by atoms with E-state index in [4.69, 9.17) is 4.74 Å². The summed E-state index contributed by atoms with van der Waals surface area (Å²) in [6.07, 6.45) is 3.55. The van der Waals surface area contributed by atoms with Gasteiger partial charge in [0, 0.05) is 16.4 Å². The number of nitrogens with one attached hydrogen (secondary N) is 1. The van der Waals surface area contributed by atoms with Crippen LogP contribution in [0.3, 0.4) is 0 Å². The molecule has 0 saturated heterocycles. The Labute approximate surface area is 157 Å². The SMILES string of the molecule is CCOC(=O)C1=C(O)/C(=C/c2ccc[nH]2)SC1=Nc1ccc(Br)cc1. The van der Waals surface area contributed by atoms with Crippen molar-refractivity contribution < 1.29 is 14.6 Å². The molecule has 0 fully saturated rings. The quantitative estimate of drug-likeness (QED) is 0.687. The number of aliphatic hydroxyl groups is 1. The zero-order valence-electron chi connectivity index (χ0n) is 13.3. The second-order valence-electron chi connectivity index (χ2n) is 5.07. The van der Waals surface area contributed by atoms with Crippen LogP contribution in [-0.2, 0) is 9.53 Å². The fourth-order valence-corrected chi connectivity index (χ4v) is 3.49. The van der Waals surface area contributed by atoms with Crippen LogP contribution in [-0.4, -0.2) is 27.7 Å². The number of aliphatic imine (C=N–C) groups is 1. The molecule has 1 aromatic heterocycles. The molecule has 2 heterocycles. The Balaban J connectivity index is 2.02. The maximum Gasteiger partial charge on any atom is 0.344 e. The number of hydrogen-bond acceptors (Lipinski definition) is 5. The molecule has 2 aromatic rings. The molecule has 1 aromatic carbocycles. The lowest BCUT2D eigenvalue weighted by Gasteiger charge is -2.03. The van der Waals surface area contributed by atoms with E-state index in [0.29, 0.717) is 15.6 Å². The second-order valence-corrected chi connectivity index (χ2v) is 7.02. The molecule has 7 heteroatoms. The molecular weight excluding hydrogens is 404 g/mol. The predicted octanol–water partition coefficient (Wildman–Crippen LogP) is 4.97. The van der Waals surface area contributed by atoms with E-state index >= 15 is 0 Å². The topological polar surface area (TPSA) is 74.7 Å². The van der Waals surface area contributed by atoms with Crippen LogP contribution in [0.15, 0.2) is 68.3 Å². The summed E-state index contributed by atoms with van der Waals surface area (Å²) < 4.78 is 6.01. The number of H-pyrrole nitrogens is 1. The fraction of sp³-hybridized carbons (Fsp3) is 0.111. The maximum atomic E-state index is 12.3. The first-order chi connectivity index (χ1) is 12.1. The van der Waals surface area contributed by atoms with Crippen molar-refractivity contribution in [3.05, 3.63) is 69.0 Å². The smallest absolute Gasteiger partial charge is 0.344 e. The number of carbonyl (C=O) groups is 1. The number of halogens is 1. The molecule has 128 valence electrons. The van der Waals surface area contributed by atoms with Crippen LogP contribution in [0, 0.1) is 0 Å². The highest BCUT2D eigenvalue weighted by molar-refractivity contribution is 9.10. The standard InChI is InChI=1S/C18H15BrN2O3S/c1-2-24-18(23)15-16(22)14(10-13-4-3-9-20-13)25-17(15)21-12-7-5-11(19)6-8-12/h3-10,20,22H,2H2,1H3/b14-10-,21-17?. The van der Waals surface area contributed by atoms with Crippen molar-refractivity contribution in [2.45, 2.75) is 6.92 Å². The molecule has 5 nitrogen and oxygen atoms in total. The van der Waals surface area contributed by atoms with Crippen LogP contribution >= 0.6 is 27.7 Å². The average molecular weight is 419 g/mol. The molecule has 0 saturated carbocycles. The van der Waals surface area contributed by atoms with Crippen LogP contribution in [0.5, 0.6) is 0 Å². The summed E-state index contributed by atoms with van der Waals surface area (Å²) in [5.74, 6) is -0.702. The first kappa shape index (κ1) is 17.6. The summed E-state index contributed by atoms with van der Waals surface area (Å²) in [5.41, 5.74) is 1.59. The molecule has 0 spiro atoms. The minimum absolute atomic E-state index is 0.0903. The van der Waals surface area contributed by atoms with Gasteiger partial charge in [-0.3, -0.25) is 0 Å². The highest BCUT2D eigenvalue weighted by atomic mass is 79.9. The largest absolute Gasteiger partial charge is 0.506 e. The Morgan fingerprint density at radius 2 is 2.12 bits per heavy atom. The number of nitrogens with zero attached hydrogens (tertiary/aromatic N) is 1. The Bertz CT molecular complexity index is 868. The molecular formula is C18H15BrN2O3S. The van der Waals surface area contributed by atoms with Gasteiger partial charge in [0.1, 0.15) is 16.4 Å². The van der Waals surface area contributed by atoms with E-state index in [1.54, 1.807) is 19.2 Å². The van der Waals surface area contributed by atoms with Gasteiger partial charge in [0.25, 0.3) is 0 Å². The van der Waals surface area contributed by atoms with Gasteiger partial charge in [-0.15, -0.1) is 0 Å². The van der Waals surface area contributed by atoms with Gasteiger partial charge in [-0.1, -0.05) is 27.7 Å². The highest BCUT2D eigenvalue weighted by Crippen LogP contribution is 2.40. The van der Waals surface area contributed by atoms with Gasteiger partial charge in [-0.05, 0) is 49.4 Å². The molecule has 0 unspecified atom stereocenters. The molecule has 0 atom stereocenters. The summed E-state index contributed by atoms with van der Waals surface area (Å²) >= 11 is 4.61. The van der Waals surface area contributed by atoms with Gasteiger partial charge in [0.15, 0.2) is 0 Å². The van der Waals surface area contributed by atoms with Gasteiger partial charge >= 0.3 is 5.97 Å². The van der Waals surface area contributed by atoms with E-state index in [1.807, 2.05) is 36.4 Å². The van der Waals surface area contributed by atoms with E-state index in [0.717, 1.165) is 10.2 Å². The third-order valence-corrected chi connectivity index (χ3v) is 4.88. The Hall–Kier alpha value is -2.25. The predicted molar refractivity (Wildman–Crippen MR) is 104 cm³/mol. The average Bonchev–Trinajstić information content (AvgIpc) is 3.19. The zero-order chi connectivity index (χ0) is 17.8. The van der Waals surface area contributed by atoms with E-state index in [2.05, 4.69) is 25.9 Å². The lowest BCUT2D eigenvalue weighted by Crippen LogP contribution is -2.12. The molecule has 3 rings (SSSR count). The van der Waals surface area contributed by atoms with Crippen molar-refractivity contribution in [2.24, 2.45) is 4.99 Å². The number of ether oxygens (including phenoxy) is 1. The number of rotatable bonds is 4. The van der Waals surface area contributed by atoms with E-state index < -0.39 is 5.97 Å². The molecule has 0 aliphatic carbocycles.